The summed E-state index contributed by atoms with van der Waals surface area (Å²) < 4.78 is 0. The lowest BCUT2D eigenvalue weighted by molar-refractivity contribution is 0.0785. The lowest BCUT2D eigenvalue weighted by Crippen LogP contribution is -2.29. The zero-order valence-electron chi connectivity index (χ0n) is 10.7. The van der Waals surface area contributed by atoms with Gasteiger partial charge >= 0.3 is 0 Å². The second-order valence-electron chi connectivity index (χ2n) is 4.48. The van der Waals surface area contributed by atoms with Crippen LogP contribution in [0, 0.1) is 0 Å². The Bertz CT molecular complexity index is 404. The summed E-state index contributed by atoms with van der Waals surface area (Å²) >= 11 is 0. The Morgan fingerprint density at radius 3 is 2.76 bits per heavy atom. The van der Waals surface area contributed by atoms with Crippen molar-refractivity contribution in [3.05, 3.63) is 23.4 Å². The topological polar surface area (TPSA) is 45.2 Å². The van der Waals surface area contributed by atoms with E-state index in [-0.39, 0.29) is 5.91 Å². The number of amides is 1. The molecule has 4 heteroatoms. The first-order valence-corrected chi connectivity index (χ1v) is 6.11. The van der Waals surface area contributed by atoms with Crippen molar-refractivity contribution in [2.24, 2.45) is 0 Å². The number of nitrogens with zero attached hydrogens (tertiary/aromatic N) is 2. The first kappa shape index (κ1) is 11.9. The average molecular weight is 233 g/mol. The van der Waals surface area contributed by atoms with Gasteiger partial charge in [-0.2, -0.15) is 0 Å². The highest BCUT2D eigenvalue weighted by Gasteiger charge is 2.30. The van der Waals surface area contributed by atoms with Gasteiger partial charge in [0, 0.05) is 31.4 Å². The Balaban J connectivity index is 2.26. The molecule has 2 rings (SSSR count). The van der Waals surface area contributed by atoms with Gasteiger partial charge in [0.15, 0.2) is 0 Å². The van der Waals surface area contributed by atoms with Gasteiger partial charge in [-0.15, -0.1) is 0 Å². The summed E-state index contributed by atoms with van der Waals surface area (Å²) in [6.45, 7) is 2.04. The number of aryl methyl sites for hydroxylation is 1. The summed E-state index contributed by atoms with van der Waals surface area (Å²) in [5.41, 5.74) is 1.68. The van der Waals surface area contributed by atoms with Crippen LogP contribution in [0.25, 0.3) is 0 Å². The van der Waals surface area contributed by atoms with Crippen molar-refractivity contribution >= 4 is 11.7 Å². The van der Waals surface area contributed by atoms with Gasteiger partial charge in [-0.1, -0.05) is 6.92 Å². The van der Waals surface area contributed by atoms with Crippen LogP contribution < -0.4 is 5.32 Å². The normalized spacial score (nSPS) is 14.5. The van der Waals surface area contributed by atoms with Crippen molar-refractivity contribution in [1.29, 1.82) is 0 Å². The molecule has 1 heterocycles. The molecule has 17 heavy (non-hydrogen) atoms. The van der Waals surface area contributed by atoms with E-state index in [1.807, 2.05) is 38.1 Å². The lowest BCUT2D eigenvalue weighted by atomic mass is 10.1. The van der Waals surface area contributed by atoms with E-state index in [9.17, 15) is 4.79 Å². The fourth-order valence-corrected chi connectivity index (χ4v) is 1.85. The van der Waals surface area contributed by atoms with Crippen molar-refractivity contribution < 1.29 is 4.79 Å². The molecule has 4 nitrogen and oxygen atoms in total. The third-order valence-electron chi connectivity index (χ3n) is 3.16. The minimum Gasteiger partial charge on any atom is -0.373 e. The molecule has 92 valence electrons. The van der Waals surface area contributed by atoms with Crippen LogP contribution >= 0.6 is 0 Å². The summed E-state index contributed by atoms with van der Waals surface area (Å²) in [6, 6.07) is 4.15. The van der Waals surface area contributed by atoms with Crippen molar-refractivity contribution in [3.8, 4) is 0 Å². The molecular weight excluding hydrogens is 214 g/mol. The highest BCUT2D eigenvalue weighted by molar-refractivity contribution is 5.95. The Labute approximate surface area is 102 Å². The zero-order chi connectivity index (χ0) is 12.4. The number of rotatable bonds is 4. The molecule has 0 aromatic carbocycles. The Hall–Kier alpha value is -1.58. The molecule has 0 radical (unpaired) electrons. The molecule has 1 fully saturated rings. The van der Waals surface area contributed by atoms with Gasteiger partial charge < -0.3 is 10.2 Å². The maximum Gasteiger partial charge on any atom is 0.254 e. The number of hydrogen-bond acceptors (Lipinski definition) is 3. The molecule has 1 N–H and O–H groups in total. The maximum atomic E-state index is 12.2. The van der Waals surface area contributed by atoms with Gasteiger partial charge in [-0.05, 0) is 31.4 Å². The van der Waals surface area contributed by atoms with Gasteiger partial charge in [0.05, 0.1) is 0 Å². The van der Waals surface area contributed by atoms with Crippen LogP contribution in [0.15, 0.2) is 12.1 Å². The van der Waals surface area contributed by atoms with Crippen LogP contribution in [0.1, 0.15) is 35.8 Å². The van der Waals surface area contributed by atoms with Gasteiger partial charge in [-0.25, -0.2) is 4.98 Å². The molecule has 0 saturated heterocycles. The molecule has 1 saturated carbocycles. The van der Waals surface area contributed by atoms with E-state index in [4.69, 9.17) is 0 Å². The minimum atomic E-state index is 0.0982. The first-order chi connectivity index (χ1) is 8.15. The smallest absolute Gasteiger partial charge is 0.254 e. The maximum absolute atomic E-state index is 12.2. The molecule has 1 aromatic heterocycles. The van der Waals surface area contributed by atoms with Crippen molar-refractivity contribution in [3.63, 3.8) is 0 Å². The van der Waals surface area contributed by atoms with E-state index in [0.29, 0.717) is 6.04 Å². The number of carbonyl (C=O) groups excluding carboxylic acids is 1. The van der Waals surface area contributed by atoms with Gasteiger partial charge in [0.1, 0.15) is 5.82 Å². The monoisotopic (exact) mass is 233 g/mol. The number of anilines is 1. The summed E-state index contributed by atoms with van der Waals surface area (Å²) in [5, 5.41) is 3.00. The number of hydrogen-bond donors (Lipinski definition) is 1. The molecule has 0 aliphatic heterocycles. The van der Waals surface area contributed by atoms with Crippen LogP contribution in [0.5, 0.6) is 0 Å². The van der Waals surface area contributed by atoms with E-state index < -0.39 is 0 Å². The third kappa shape index (κ3) is 2.57. The number of carbonyl (C=O) groups is 1. The Morgan fingerprint density at radius 2 is 2.24 bits per heavy atom. The highest BCUT2D eigenvalue weighted by Crippen LogP contribution is 2.27. The summed E-state index contributed by atoms with van der Waals surface area (Å²) in [7, 11) is 3.70. The second kappa shape index (κ2) is 4.73. The Kier molecular flexibility index (Phi) is 3.31. The average Bonchev–Trinajstić information content (AvgIpc) is 3.20. The molecule has 1 aliphatic rings. The van der Waals surface area contributed by atoms with Gasteiger partial charge in [0.2, 0.25) is 0 Å². The van der Waals surface area contributed by atoms with Crippen molar-refractivity contribution in [1.82, 2.24) is 9.88 Å². The van der Waals surface area contributed by atoms with E-state index in [1.165, 1.54) is 0 Å². The summed E-state index contributed by atoms with van der Waals surface area (Å²) in [5.74, 6) is 0.859. The molecule has 0 bridgehead atoms. The highest BCUT2D eigenvalue weighted by atomic mass is 16.2. The predicted octanol–water partition coefficient (Wildman–Crippen LogP) is 1.92. The molecule has 1 aliphatic carbocycles. The summed E-state index contributed by atoms with van der Waals surface area (Å²) in [4.78, 5) is 18.5. The van der Waals surface area contributed by atoms with Crippen molar-refractivity contribution in [2.75, 3.05) is 19.4 Å². The van der Waals surface area contributed by atoms with Gasteiger partial charge in [0.25, 0.3) is 5.91 Å². The number of aromatic nitrogens is 1. The molecule has 1 amide bonds. The quantitative estimate of drug-likeness (QED) is 0.864. The van der Waals surface area contributed by atoms with Crippen LogP contribution in [0.3, 0.4) is 0 Å². The van der Waals surface area contributed by atoms with Crippen LogP contribution in [0.4, 0.5) is 5.82 Å². The molecule has 0 spiro atoms. The molecule has 1 aromatic rings. The van der Waals surface area contributed by atoms with Gasteiger partial charge in [-0.3, -0.25) is 4.79 Å². The molecule has 0 atom stereocenters. The van der Waals surface area contributed by atoms with Crippen LogP contribution in [-0.2, 0) is 6.42 Å². The van der Waals surface area contributed by atoms with E-state index >= 15 is 0 Å². The lowest BCUT2D eigenvalue weighted by Gasteiger charge is -2.17. The number of pyridine rings is 1. The van der Waals surface area contributed by atoms with Crippen molar-refractivity contribution in [2.45, 2.75) is 32.2 Å². The second-order valence-corrected chi connectivity index (χ2v) is 4.48. The fourth-order valence-electron chi connectivity index (χ4n) is 1.85. The number of nitrogens with one attached hydrogen (secondary N) is 1. The SMILES string of the molecule is CCc1cc(C(=O)N(C)C2CC2)cc(NC)n1. The summed E-state index contributed by atoms with van der Waals surface area (Å²) in [6.07, 6.45) is 3.10. The zero-order valence-corrected chi connectivity index (χ0v) is 10.7. The molecule has 0 unspecified atom stereocenters. The largest absolute Gasteiger partial charge is 0.373 e. The van der Waals surface area contributed by atoms with E-state index in [0.717, 1.165) is 36.3 Å². The Morgan fingerprint density at radius 1 is 1.53 bits per heavy atom. The first-order valence-electron chi connectivity index (χ1n) is 6.11. The van der Waals surface area contributed by atoms with E-state index in [1.54, 1.807) is 0 Å². The fraction of sp³-hybridized carbons (Fsp3) is 0.538. The molecular formula is C13H19N3O. The third-order valence-corrected chi connectivity index (χ3v) is 3.16. The van der Waals surface area contributed by atoms with Crippen LogP contribution in [-0.4, -0.2) is 35.9 Å². The minimum absolute atomic E-state index is 0.0982. The predicted molar refractivity (Wildman–Crippen MR) is 68.3 cm³/mol. The van der Waals surface area contributed by atoms with E-state index in [2.05, 4.69) is 10.3 Å². The standard InChI is InChI=1S/C13H19N3O/c1-4-10-7-9(8-12(14-2)15-10)13(17)16(3)11-5-6-11/h7-8,11H,4-6H2,1-3H3,(H,14,15). The van der Waals surface area contributed by atoms with Crippen LogP contribution in [0.2, 0.25) is 0 Å².